The summed E-state index contributed by atoms with van der Waals surface area (Å²) in [5.74, 6) is 0.0688. The second-order valence-corrected chi connectivity index (χ2v) is 8.51. The second kappa shape index (κ2) is 9.81. The van der Waals surface area contributed by atoms with Gasteiger partial charge < -0.3 is 29.6 Å². The van der Waals surface area contributed by atoms with Crippen LogP contribution in [0, 0.1) is 11.3 Å². The van der Waals surface area contributed by atoms with Gasteiger partial charge in [-0.1, -0.05) is 35.9 Å². The number of amides is 1. The van der Waals surface area contributed by atoms with E-state index in [0.29, 0.717) is 59.5 Å². The van der Waals surface area contributed by atoms with E-state index in [0.717, 1.165) is 0 Å². The summed E-state index contributed by atoms with van der Waals surface area (Å²) in [7, 11) is 1.48. The molecule has 0 aliphatic carbocycles. The number of ether oxygens (including phenoxy) is 4. The van der Waals surface area contributed by atoms with Crippen molar-refractivity contribution in [2.75, 3.05) is 33.4 Å². The number of aromatic amines is 1. The van der Waals surface area contributed by atoms with Crippen LogP contribution in [0.25, 0.3) is 11.3 Å². The Labute approximate surface area is 211 Å². The molecule has 3 aromatic rings. The van der Waals surface area contributed by atoms with E-state index in [9.17, 15) is 10.1 Å². The molecule has 1 saturated heterocycles. The van der Waals surface area contributed by atoms with Crippen LogP contribution in [0.1, 0.15) is 17.0 Å². The third kappa shape index (κ3) is 4.19. The van der Waals surface area contributed by atoms with Crippen LogP contribution >= 0.6 is 11.6 Å². The lowest BCUT2D eigenvalue weighted by Gasteiger charge is -2.27. The number of morpholine rings is 1. The zero-order valence-electron chi connectivity index (χ0n) is 19.3. The largest absolute Gasteiger partial charge is 0.493 e. The Morgan fingerprint density at radius 2 is 2.03 bits per heavy atom. The summed E-state index contributed by atoms with van der Waals surface area (Å²) in [4.78, 5) is 14.4. The average molecular weight is 508 g/mol. The molecule has 2 aromatic carbocycles. The van der Waals surface area contributed by atoms with Crippen molar-refractivity contribution < 1.29 is 23.7 Å². The van der Waals surface area contributed by atoms with E-state index in [1.165, 1.54) is 7.11 Å². The van der Waals surface area contributed by atoms with Crippen molar-refractivity contribution >= 4 is 17.7 Å². The van der Waals surface area contributed by atoms with Crippen LogP contribution in [0.2, 0.25) is 5.02 Å². The number of fused-ring (bicyclic) bond motifs is 1. The highest BCUT2D eigenvalue weighted by molar-refractivity contribution is 6.33. The molecule has 1 unspecified atom stereocenters. The summed E-state index contributed by atoms with van der Waals surface area (Å²) in [6, 6.07) is 14.5. The summed E-state index contributed by atoms with van der Waals surface area (Å²) < 4.78 is 22.1. The number of rotatable bonds is 4. The van der Waals surface area contributed by atoms with Gasteiger partial charge in [-0.2, -0.15) is 5.26 Å². The Morgan fingerprint density at radius 1 is 1.25 bits per heavy atom. The number of nitriles is 1. The molecule has 3 N–H and O–H groups in total. The van der Waals surface area contributed by atoms with Gasteiger partial charge in [-0.05, 0) is 23.8 Å². The normalized spacial score (nSPS) is 17.1. The highest BCUT2D eigenvalue weighted by Crippen LogP contribution is 2.47. The summed E-state index contributed by atoms with van der Waals surface area (Å²) in [5, 5.41) is 17.8. The van der Waals surface area contributed by atoms with Gasteiger partial charge in [0.1, 0.15) is 11.6 Å². The van der Waals surface area contributed by atoms with Crippen LogP contribution in [-0.4, -0.2) is 54.6 Å². The Balaban J connectivity index is 1.60. The maximum atomic E-state index is 12.8. The van der Waals surface area contributed by atoms with Crippen LogP contribution in [0.4, 0.5) is 4.79 Å². The zero-order chi connectivity index (χ0) is 25.2. The average Bonchev–Trinajstić information content (AvgIpc) is 3.31. The number of H-pyrrole nitrogens is 1. The van der Waals surface area contributed by atoms with Crippen molar-refractivity contribution in [1.82, 2.24) is 15.1 Å². The molecule has 10 nitrogen and oxygen atoms in total. The first-order valence-corrected chi connectivity index (χ1v) is 11.5. The molecule has 0 bridgehead atoms. The molecule has 0 radical (unpaired) electrons. The van der Waals surface area contributed by atoms with Gasteiger partial charge in [0.2, 0.25) is 11.8 Å². The number of benzene rings is 2. The van der Waals surface area contributed by atoms with E-state index in [4.69, 9.17) is 36.3 Å². The summed E-state index contributed by atoms with van der Waals surface area (Å²) in [6.45, 7) is 1.74. The van der Waals surface area contributed by atoms with Crippen LogP contribution in [0.15, 0.2) is 53.9 Å². The van der Waals surface area contributed by atoms with Crippen LogP contribution < -0.4 is 19.9 Å². The lowest BCUT2D eigenvalue weighted by Crippen LogP contribution is -2.42. The lowest BCUT2D eigenvalue weighted by molar-refractivity contribution is 0.0413. The topological polar surface area (TPSA) is 136 Å². The van der Waals surface area contributed by atoms with Crippen molar-refractivity contribution in [3.8, 4) is 34.7 Å². The molecule has 0 spiro atoms. The van der Waals surface area contributed by atoms with Crippen molar-refractivity contribution in [2.24, 2.45) is 5.73 Å². The fourth-order valence-corrected chi connectivity index (χ4v) is 4.54. The predicted molar refractivity (Wildman–Crippen MR) is 130 cm³/mol. The molecule has 5 rings (SSSR count). The van der Waals surface area contributed by atoms with Crippen molar-refractivity contribution in [3.63, 3.8) is 0 Å². The number of nitrogens with two attached hydrogens (primary N) is 1. The number of allylic oxidation sites excluding steroid dienone is 1. The summed E-state index contributed by atoms with van der Waals surface area (Å²) in [5.41, 5.74) is 8.78. The third-order valence-electron chi connectivity index (χ3n) is 6.07. The van der Waals surface area contributed by atoms with Gasteiger partial charge in [-0.15, -0.1) is 5.10 Å². The van der Waals surface area contributed by atoms with Gasteiger partial charge in [-0.25, -0.2) is 4.79 Å². The van der Waals surface area contributed by atoms with Gasteiger partial charge in [-0.3, -0.25) is 5.10 Å². The van der Waals surface area contributed by atoms with E-state index in [1.807, 2.05) is 18.2 Å². The number of carbonyl (C=O) groups is 1. The quantitative estimate of drug-likeness (QED) is 0.544. The molecular weight excluding hydrogens is 486 g/mol. The predicted octanol–water partition coefficient (Wildman–Crippen LogP) is 3.79. The standard InChI is InChI=1S/C25H22ClN5O5/c1-33-18-7-6-14(12-19(18)35-25(32)31-8-10-34-11-9-31)20-16(13-27)23(28)36-24-21(20)22(29-30-24)15-4-2-3-5-17(15)26/h2-7,12,20H,8-11,28H2,1H3,(H,29,30). The fourth-order valence-electron chi connectivity index (χ4n) is 4.30. The summed E-state index contributed by atoms with van der Waals surface area (Å²) >= 11 is 6.47. The molecule has 11 heteroatoms. The molecule has 1 atom stereocenters. The zero-order valence-corrected chi connectivity index (χ0v) is 20.0. The number of methoxy groups -OCH3 is 1. The molecule has 36 heavy (non-hydrogen) atoms. The Bertz CT molecular complexity index is 1390. The van der Waals surface area contributed by atoms with Crippen molar-refractivity contribution in [2.45, 2.75) is 5.92 Å². The molecule has 1 amide bonds. The molecule has 3 heterocycles. The highest BCUT2D eigenvalue weighted by Gasteiger charge is 2.36. The van der Waals surface area contributed by atoms with Gasteiger partial charge in [0.25, 0.3) is 0 Å². The molecule has 184 valence electrons. The minimum atomic E-state index is -0.671. The van der Waals surface area contributed by atoms with E-state index >= 15 is 0 Å². The molecule has 2 aliphatic rings. The van der Waals surface area contributed by atoms with Crippen LogP contribution in [0.5, 0.6) is 17.4 Å². The van der Waals surface area contributed by atoms with Crippen LogP contribution in [-0.2, 0) is 4.74 Å². The van der Waals surface area contributed by atoms with Crippen LogP contribution in [0.3, 0.4) is 0 Å². The smallest absolute Gasteiger partial charge is 0.415 e. The lowest BCUT2D eigenvalue weighted by atomic mass is 9.83. The Hall–Kier alpha value is -4.20. The van der Waals surface area contributed by atoms with Gasteiger partial charge in [0.05, 0.1) is 37.5 Å². The number of hydrogen-bond acceptors (Lipinski definition) is 8. The molecule has 0 saturated carbocycles. The van der Waals surface area contributed by atoms with Gasteiger partial charge >= 0.3 is 6.09 Å². The number of hydrogen-bond donors (Lipinski definition) is 2. The monoisotopic (exact) mass is 507 g/mol. The molecule has 2 aliphatic heterocycles. The van der Waals surface area contributed by atoms with Gasteiger partial charge in [0, 0.05) is 23.7 Å². The molecular formula is C25H22ClN5O5. The third-order valence-corrected chi connectivity index (χ3v) is 6.40. The highest BCUT2D eigenvalue weighted by atomic mass is 35.5. The SMILES string of the molecule is COc1ccc(C2C(C#N)=C(N)Oc3n[nH]c(-c4ccccc4Cl)c32)cc1OC(=O)N1CCOCC1. The minimum absolute atomic E-state index is 0.0603. The maximum Gasteiger partial charge on any atom is 0.415 e. The molecule has 1 fully saturated rings. The number of carbonyl (C=O) groups excluding carboxylic acids is 1. The van der Waals surface area contributed by atoms with Crippen molar-refractivity contribution in [1.29, 1.82) is 5.26 Å². The second-order valence-electron chi connectivity index (χ2n) is 8.10. The fraction of sp³-hybridized carbons (Fsp3) is 0.240. The Kier molecular flexibility index (Phi) is 6.41. The summed E-state index contributed by atoms with van der Waals surface area (Å²) in [6.07, 6.45) is -0.517. The first-order chi connectivity index (χ1) is 17.5. The van der Waals surface area contributed by atoms with Crippen molar-refractivity contribution in [3.05, 3.63) is 70.1 Å². The maximum absolute atomic E-state index is 12.8. The minimum Gasteiger partial charge on any atom is -0.493 e. The van der Waals surface area contributed by atoms with E-state index in [1.54, 1.807) is 29.2 Å². The van der Waals surface area contributed by atoms with E-state index in [2.05, 4.69) is 16.3 Å². The van der Waals surface area contributed by atoms with Gasteiger partial charge in [0.15, 0.2) is 11.5 Å². The molecule has 1 aromatic heterocycles. The number of nitrogens with one attached hydrogen (secondary N) is 1. The number of nitrogens with zero attached hydrogens (tertiary/aromatic N) is 3. The first kappa shape index (κ1) is 23.5. The van der Waals surface area contributed by atoms with E-state index in [-0.39, 0.29) is 23.1 Å². The number of halogens is 1. The first-order valence-electron chi connectivity index (χ1n) is 11.1. The number of aromatic nitrogens is 2. The Morgan fingerprint density at radius 3 is 2.75 bits per heavy atom. The van der Waals surface area contributed by atoms with E-state index < -0.39 is 12.0 Å².